The fraction of sp³-hybridized carbons (Fsp3) is 0.650. The summed E-state index contributed by atoms with van der Waals surface area (Å²) in [6.45, 7) is 6.19. The number of methoxy groups -OCH3 is 2. The van der Waals surface area contributed by atoms with E-state index < -0.39 is 0 Å². The Bertz CT molecular complexity index is 566. The van der Waals surface area contributed by atoms with Crippen LogP contribution in [-0.2, 0) is 9.47 Å². The number of nitrogens with zero attached hydrogens (tertiary/aromatic N) is 2. The van der Waals surface area contributed by atoms with Gasteiger partial charge in [-0.1, -0.05) is 6.92 Å². The Kier molecular flexibility index (Phi) is 9.00. The molecule has 0 aliphatic carbocycles. The Balaban J connectivity index is 2.00. The van der Waals surface area contributed by atoms with Crippen molar-refractivity contribution in [1.82, 2.24) is 9.80 Å². The van der Waals surface area contributed by atoms with E-state index >= 15 is 0 Å². The minimum atomic E-state index is -0.325. The number of ether oxygens (including phenoxy) is 3. The van der Waals surface area contributed by atoms with Crippen molar-refractivity contribution in [3.8, 4) is 5.75 Å². The van der Waals surface area contributed by atoms with E-state index in [1.54, 1.807) is 43.4 Å². The molecule has 0 radical (unpaired) electrons. The van der Waals surface area contributed by atoms with Crippen molar-refractivity contribution >= 4 is 5.91 Å². The van der Waals surface area contributed by atoms with Gasteiger partial charge in [-0.15, -0.1) is 0 Å². The molecule has 27 heavy (non-hydrogen) atoms. The lowest BCUT2D eigenvalue weighted by Gasteiger charge is -2.36. The number of benzene rings is 1. The van der Waals surface area contributed by atoms with Gasteiger partial charge >= 0.3 is 0 Å². The van der Waals surface area contributed by atoms with Gasteiger partial charge in [0.05, 0.1) is 32.5 Å². The molecule has 0 bridgehead atoms. The Labute approximate surface area is 161 Å². The van der Waals surface area contributed by atoms with E-state index in [4.69, 9.17) is 14.2 Å². The van der Waals surface area contributed by atoms with Gasteiger partial charge in [-0.2, -0.15) is 0 Å². The average molecular weight is 380 g/mol. The monoisotopic (exact) mass is 380 g/mol. The molecule has 7 nitrogen and oxygen atoms in total. The van der Waals surface area contributed by atoms with Gasteiger partial charge in [-0.3, -0.25) is 9.69 Å². The third kappa shape index (κ3) is 6.77. The number of carbonyl (C=O) groups excluding carboxylic acids is 1. The van der Waals surface area contributed by atoms with Gasteiger partial charge in [0.1, 0.15) is 5.75 Å². The van der Waals surface area contributed by atoms with Crippen LogP contribution >= 0.6 is 0 Å². The number of carbonyl (C=O) groups is 1. The summed E-state index contributed by atoms with van der Waals surface area (Å²) in [5.41, 5.74) is 0.612. The molecule has 1 saturated heterocycles. The van der Waals surface area contributed by atoms with Gasteiger partial charge < -0.3 is 24.2 Å². The van der Waals surface area contributed by atoms with E-state index in [1.165, 1.54) is 0 Å². The molecule has 1 N–H and O–H groups in total. The summed E-state index contributed by atoms with van der Waals surface area (Å²) in [5.74, 6) is 0.666. The largest absolute Gasteiger partial charge is 0.497 e. The number of amides is 1. The Hall–Kier alpha value is -1.67. The highest BCUT2D eigenvalue weighted by molar-refractivity contribution is 5.94. The second-order valence-electron chi connectivity index (χ2n) is 6.79. The molecule has 0 unspecified atom stereocenters. The summed E-state index contributed by atoms with van der Waals surface area (Å²) in [4.78, 5) is 16.9. The SMILES string of the molecule is CC[C@H](O)CN1CCO[C@H](CN(CCOC)C(=O)c2ccc(OC)cc2)C1. The first-order chi connectivity index (χ1) is 13.1. The van der Waals surface area contributed by atoms with Gasteiger partial charge in [0.25, 0.3) is 5.91 Å². The standard InChI is InChI=1S/C20H32N2O5/c1-4-17(23)13-21-9-12-27-19(14-21)15-22(10-11-25-2)20(24)16-5-7-18(26-3)8-6-16/h5-8,17,19,23H,4,9-15H2,1-3H3/t17-,19-/m0/s1. The molecule has 0 saturated carbocycles. The molecule has 1 aromatic carbocycles. The lowest BCUT2D eigenvalue weighted by Crippen LogP contribution is -2.50. The number of β-amino-alcohol motifs (C(OH)–C–C–N with tert-alkyl or cyclic N) is 1. The molecule has 0 aromatic heterocycles. The second-order valence-corrected chi connectivity index (χ2v) is 6.79. The summed E-state index contributed by atoms with van der Waals surface area (Å²) in [7, 11) is 3.23. The summed E-state index contributed by atoms with van der Waals surface area (Å²) >= 11 is 0. The fourth-order valence-corrected chi connectivity index (χ4v) is 3.12. The first-order valence-corrected chi connectivity index (χ1v) is 9.51. The molecule has 1 aromatic rings. The maximum absolute atomic E-state index is 13.0. The Morgan fingerprint density at radius 3 is 2.74 bits per heavy atom. The van der Waals surface area contributed by atoms with E-state index in [0.717, 1.165) is 18.7 Å². The zero-order valence-electron chi connectivity index (χ0n) is 16.6. The van der Waals surface area contributed by atoms with Crippen molar-refractivity contribution in [3.05, 3.63) is 29.8 Å². The summed E-state index contributed by atoms with van der Waals surface area (Å²) in [6, 6.07) is 7.11. The highest BCUT2D eigenvalue weighted by atomic mass is 16.5. The predicted molar refractivity (Wildman–Crippen MR) is 103 cm³/mol. The minimum Gasteiger partial charge on any atom is -0.497 e. The molecule has 0 spiro atoms. The van der Waals surface area contributed by atoms with Crippen LogP contribution in [0, 0.1) is 0 Å². The van der Waals surface area contributed by atoms with E-state index in [1.807, 2.05) is 6.92 Å². The average Bonchev–Trinajstić information content (AvgIpc) is 2.70. The topological polar surface area (TPSA) is 71.5 Å². The molecular formula is C20H32N2O5. The zero-order chi connectivity index (χ0) is 19.6. The molecule has 1 amide bonds. The number of aliphatic hydroxyl groups is 1. The van der Waals surface area contributed by atoms with Gasteiger partial charge in [0.2, 0.25) is 0 Å². The molecule has 1 fully saturated rings. The fourth-order valence-electron chi connectivity index (χ4n) is 3.12. The lowest BCUT2D eigenvalue weighted by molar-refractivity contribution is -0.0517. The van der Waals surface area contributed by atoms with Gasteiger partial charge in [-0.25, -0.2) is 0 Å². The van der Waals surface area contributed by atoms with E-state index in [0.29, 0.717) is 45.0 Å². The van der Waals surface area contributed by atoms with Crippen LogP contribution in [0.4, 0.5) is 0 Å². The van der Waals surface area contributed by atoms with E-state index in [2.05, 4.69) is 4.90 Å². The summed E-state index contributed by atoms with van der Waals surface area (Å²) < 4.78 is 16.2. The maximum Gasteiger partial charge on any atom is 0.254 e. The quantitative estimate of drug-likeness (QED) is 0.659. The van der Waals surface area contributed by atoms with Crippen molar-refractivity contribution in [3.63, 3.8) is 0 Å². The van der Waals surface area contributed by atoms with Gasteiger partial charge in [-0.05, 0) is 30.7 Å². The van der Waals surface area contributed by atoms with Crippen molar-refractivity contribution < 1.29 is 24.1 Å². The smallest absolute Gasteiger partial charge is 0.254 e. The van der Waals surface area contributed by atoms with Gasteiger partial charge in [0, 0.05) is 45.4 Å². The molecule has 152 valence electrons. The lowest BCUT2D eigenvalue weighted by atomic mass is 10.1. The molecule has 1 aliphatic rings. The highest BCUT2D eigenvalue weighted by Crippen LogP contribution is 2.15. The minimum absolute atomic E-state index is 0.0518. The molecule has 1 aliphatic heterocycles. The number of rotatable bonds is 10. The third-order valence-electron chi connectivity index (χ3n) is 4.78. The van der Waals surface area contributed by atoms with Crippen LogP contribution in [0.3, 0.4) is 0 Å². The number of aliphatic hydroxyl groups excluding tert-OH is 1. The van der Waals surface area contributed by atoms with Crippen LogP contribution in [-0.4, -0.2) is 93.2 Å². The van der Waals surface area contributed by atoms with Crippen molar-refractivity contribution in [2.75, 3.05) is 60.2 Å². The predicted octanol–water partition coefficient (Wildman–Crippen LogP) is 1.26. The normalized spacial score (nSPS) is 18.9. The van der Waals surface area contributed by atoms with Crippen LogP contribution in [0.25, 0.3) is 0 Å². The number of morpholine rings is 1. The Morgan fingerprint density at radius 2 is 2.11 bits per heavy atom. The third-order valence-corrected chi connectivity index (χ3v) is 4.78. The first kappa shape index (κ1) is 21.6. The second kappa shape index (κ2) is 11.2. The number of hydrogen-bond acceptors (Lipinski definition) is 6. The molecular weight excluding hydrogens is 348 g/mol. The molecule has 7 heteroatoms. The van der Waals surface area contributed by atoms with Crippen LogP contribution < -0.4 is 4.74 Å². The zero-order valence-corrected chi connectivity index (χ0v) is 16.6. The molecule has 2 rings (SSSR count). The highest BCUT2D eigenvalue weighted by Gasteiger charge is 2.26. The van der Waals surface area contributed by atoms with Gasteiger partial charge in [0.15, 0.2) is 0 Å². The van der Waals surface area contributed by atoms with Crippen LogP contribution in [0.15, 0.2) is 24.3 Å². The molecule has 2 atom stereocenters. The molecule has 1 heterocycles. The van der Waals surface area contributed by atoms with Crippen LogP contribution in [0.1, 0.15) is 23.7 Å². The van der Waals surface area contributed by atoms with Crippen LogP contribution in [0.5, 0.6) is 5.75 Å². The van der Waals surface area contributed by atoms with Crippen molar-refractivity contribution in [2.24, 2.45) is 0 Å². The van der Waals surface area contributed by atoms with Crippen molar-refractivity contribution in [1.29, 1.82) is 0 Å². The summed E-state index contributed by atoms with van der Waals surface area (Å²) in [5, 5.41) is 9.90. The van der Waals surface area contributed by atoms with Crippen molar-refractivity contribution in [2.45, 2.75) is 25.6 Å². The van der Waals surface area contributed by atoms with Crippen LogP contribution in [0.2, 0.25) is 0 Å². The van der Waals surface area contributed by atoms with E-state index in [9.17, 15) is 9.90 Å². The number of hydrogen-bond donors (Lipinski definition) is 1. The maximum atomic E-state index is 13.0. The summed E-state index contributed by atoms with van der Waals surface area (Å²) in [6.07, 6.45) is 0.328. The first-order valence-electron chi connectivity index (χ1n) is 9.51. The van der Waals surface area contributed by atoms with E-state index in [-0.39, 0.29) is 18.1 Å². The Morgan fingerprint density at radius 1 is 1.37 bits per heavy atom.